The molecular formula is C19H15FN4OS. The molecule has 0 amide bonds. The molecule has 0 bridgehead atoms. The van der Waals surface area contributed by atoms with E-state index < -0.39 is 0 Å². The first-order chi connectivity index (χ1) is 12.7. The highest BCUT2D eigenvalue weighted by atomic mass is 32.1. The van der Waals surface area contributed by atoms with Crippen molar-refractivity contribution in [2.45, 2.75) is 6.54 Å². The zero-order chi connectivity index (χ0) is 17.9. The minimum Gasteiger partial charge on any atom is -0.497 e. The Morgan fingerprint density at radius 2 is 1.77 bits per heavy atom. The van der Waals surface area contributed by atoms with Gasteiger partial charge in [-0.1, -0.05) is 5.21 Å². The van der Waals surface area contributed by atoms with Crippen molar-refractivity contribution in [2.24, 2.45) is 0 Å². The van der Waals surface area contributed by atoms with Gasteiger partial charge in [-0.05, 0) is 48.5 Å². The third-order valence-electron chi connectivity index (χ3n) is 3.89. The van der Waals surface area contributed by atoms with Crippen LogP contribution in [-0.4, -0.2) is 27.1 Å². The number of thiazole rings is 1. The van der Waals surface area contributed by atoms with Gasteiger partial charge >= 0.3 is 0 Å². The van der Waals surface area contributed by atoms with Crippen LogP contribution in [0.3, 0.4) is 0 Å². The van der Waals surface area contributed by atoms with Gasteiger partial charge in [-0.2, -0.15) is 0 Å². The first kappa shape index (κ1) is 16.4. The summed E-state index contributed by atoms with van der Waals surface area (Å²) in [5.74, 6) is 0.552. The molecule has 0 fully saturated rings. The van der Waals surface area contributed by atoms with Gasteiger partial charge in [0.2, 0.25) is 0 Å². The summed E-state index contributed by atoms with van der Waals surface area (Å²) in [6, 6.07) is 14.0. The zero-order valence-electron chi connectivity index (χ0n) is 14.0. The third kappa shape index (κ3) is 3.48. The smallest absolute Gasteiger partial charge is 0.123 e. The Morgan fingerprint density at radius 3 is 2.50 bits per heavy atom. The molecule has 0 aliphatic heterocycles. The van der Waals surface area contributed by atoms with Crippen molar-refractivity contribution in [1.29, 1.82) is 0 Å². The molecule has 0 aliphatic carbocycles. The standard InChI is InChI=1S/C19H15FN4OS/c1-25-17-8-4-13(5-9-17)18-11-24(23-22-18)10-16-12-26-19(21-16)14-2-6-15(20)7-3-14/h2-9,11-12H,10H2,1H3. The monoisotopic (exact) mass is 366 g/mol. The van der Waals surface area contributed by atoms with Crippen molar-refractivity contribution in [1.82, 2.24) is 20.0 Å². The summed E-state index contributed by atoms with van der Waals surface area (Å²) in [5, 5.41) is 11.2. The molecule has 0 atom stereocenters. The second kappa shape index (κ2) is 7.05. The lowest BCUT2D eigenvalue weighted by Crippen LogP contribution is -2.00. The van der Waals surface area contributed by atoms with E-state index in [0.29, 0.717) is 6.54 Å². The number of halogens is 1. The minimum atomic E-state index is -0.251. The van der Waals surface area contributed by atoms with Crippen LogP contribution in [-0.2, 0) is 6.54 Å². The van der Waals surface area contributed by atoms with Gasteiger partial charge < -0.3 is 4.74 Å². The van der Waals surface area contributed by atoms with E-state index in [1.807, 2.05) is 35.8 Å². The average Bonchev–Trinajstić information content (AvgIpc) is 3.33. The summed E-state index contributed by atoms with van der Waals surface area (Å²) in [4.78, 5) is 4.60. The molecule has 0 unspecified atom stereocenters. The molecule has 0 saturated heterocycles. The lowest BCUT2D eigenvalue weighted by molar-refractivity contribution is 0.415. The second-order valence-corrected chi connectivity index (χ2v) is 6.54. The summed E-state index contributed by atoms with van der Waals surface area (Å²) < 4.78 is 20.0. The predicted molar refractivity (Wildman–Crippen MR) is 98.6 cm³/mol. The van der Waals surface area contributed by atoms with Gasteiger partial charge in [0.15, 0.2) is 0 Å². The number of nitrogens with zero attached hydrogens (tertiary/aromatic N) is 4. The van der Waals surface area contributed by atoms with Crippen molar-refractivity contribution < 1.29 is 9.13 Å². The molecule has 0 spiro atoms. The largest absolute Gasteiger partial charge is 0.497 e. The summed E-state index contributed by atoms with van der Waals surface area (Å²) in [7, 11) is 1.64. The first-order valence-corrected chi connectivity index (χ1v) is 8.84. The topological polar surface area (TPSA) is 52.8 Å². The predicted octanol–water partition coefficient (Wildman–Crippen LogP) is 4.26. The molecule has 7 heteroatoms. The van der Waals surface area contributed by atoms with Gasteiger partial charge in [0.25, 0.3) is 0 Å². The van der Waals surface area contributed by atoms with Crippen LogP contribution < -0.4 is 4.74 Å². The molecule has 2 heterocycles. The van der Waals surface area contributed by atoms with Gasteiger partial charge in [-0.15, -0.1) is 16.4 Å². The minimum absolute atomic E-state index is 0.251. The fourth-order valence-corrected chi connectivity index (χ4v) is 3.36. The molecular weight excluding hydrogens is 351 g/mol. The molecule has 4 rings (SSSR count). The van der Waals surface area contributed by atoms with Gasteiger partial charge in [-0.3, -0.25) is 0 Å². The van der Waals surface area contributed by atoms with E-state index in [4.69, 9.17) is 4.74 Å². The van der Waals surface area contributed by atoms with Crippen LogP contribution in [0, 0.1) is 5.82 Å². The number of rotatable bonds is 5. The van der Waals surface area contributed by atoms with Crippen LogP contribution in [0.4, 0.5) is 4.39 Å². The van der Waals surface area contributed by atoms with Crippen molar-refractivity contribution in [3.8, 4) is 27.6 Å². The molecule has 26 heavy (non-hydrogen) atoms. The average molecular weight is 366 g/mol. The summed E-state index contributed by atoms with van der Waals surface area (Å²) >= 11 is 1.53. The van der Waals surface area contributed by atoms with Crippen molar-refractivity contribution >= 4 is 11.3 Å². The van der Waals surface area contributed by atoms with Crippen molar-refractivity contribution in [2.75, 3.05) is 7.11 Å². The Morgan fingerprint density at radius 1 is 1.04 bits per heavy atom. The van der Waals surface area contributed by atoms with E-state index in [-0.39, 0.29) is 5.82 Å². The molecule has 0 aliphatic rings. The van der Waals surface area contributed by atoms with Crippen LogP contribution in [0.15, 0.2) is 60.1 Å². The molecule has 2 aromatic heterocycles. The van der Waals surface area contributed by atoms with Gasteiger partial charge in [0.1, 0.15) is 22.3 Å². The van der Waals surface area contributed by atoms with Crippen LogP contribution >= 0.6 is 11.3 Å². The molecule has 130 valence electrons. The molecule has 5 nitrogen and oxygen atoms in total. The maximum Gasteiger partial charge on any atom is 0.123 e. The molecule has 0 radical (unpaired) electrons. The lowest BCUT2D eigenvalue weighted by atomic mass is 10.2. The SMILES string of the molecule is COc1ccc(-c2cn(Cc3csc(-c4ccc(F)cc4)n3)nn2)cc1. The van der Waals surface area contributed by atoms with Crippen molar-refractivity contribution in [3.63, 3.8) is 0 Å². The Bertz CT molecular complexity index is 1010. The van der Waals surface area contributed by atoms with Gasteiger partial charge in [-0.25, -0.2) is 14.1 Å². The zero-order valence-corrected chi connectivity index (χ0v) is 14.8. The number of ether oxygens (including phenoxy) is 1. The number of hydrogen-bond acceptors (Lipinski definition) is 5. The van der Waals surface area contributed by atoms with E-state index in [1.54, 1.807) is 23.9 Å². The third-order valence-corrected chi connectivity index (χ3v) is 4.83. The van der Waals surface area contributed by atoms with Crippen molar-refractivity contribution in [3.05, 3.63) is 71.6 Å². The number of methoxy groups -OCH3 is 1. The Balaban J connectivity index is 1.49. The fraction of sp³-hybridized carbons (Fsp3) is 0.105. The Kier molecular flexibility index (Phi) is 4.45. The van der Waals surface area contributed by atoms with Crippen LogP contribution in [0.1, 0.15) is 5.69 Å². The summed E-state index contributed by atoms with van der Waals surface area (Å²) in [6.07, 6.45) is 1.89. The quantitative estimate of drug-likeness (QED) is 0.529. The van der Waals surface area contributed by atoms with E-state index >= 15 is 0 Å². The maximum atomic E-state index is 13.0. The van der Waals surface area contributed by atoms with Gasteiger partial charge in [0, 0.05) is 16.5 Å². The molecule has 0 N–H and O–H groups in total. The number of hydrogen-bond donors (Lipinski definition) is 0. The van der Waals surface area contributed by atoms with Crippen LogP contribution in [0.5, 0.6) is 5.75 Å². The van der Waals surface area contributed by atoms with Crippen LogP contribution in [0.2, 0.25) is 0 Å². The van der Waals surface area contributed by atoms with E-state index in [2.05, 4.69) is 15.3 Å². The normalized spacial score (nSPS) is 10.8. The number of benzene rings is 2. The van der Waals surface area contributed by atoms with E-state index in [9.17, 15) is 4.39 Å². The molecule has 2 aromatic carbocycles. The number of aromatic nitrogens is 4. The highest BCUT2D eigenvalue weighted by Crippen LogP contribution is 2.25. The Hall–Kier alpha value is -3.06. The maximum absolute atomic E-state index is 13.0. The Labute approximate surface area is 153 Å². The summed E-state index contributed by atoms with van der Waals surface area (Å²) in [5.41, 5.74) is 3.56. The highest BCUT2D eigenvalue weighted by Gasteiger charge is 2.08. The van der Waals surface area contributed by atoms with E-state index in [0.717, 1.165) is 33.3 Å². The highest BCUT2D eigenvalue weighted by molar-refractivity contribution is 7.13. The van der Waals surface area contributed by atoms with Crippen LogP contribution in [0.25, 0.3) is 21.8 Å². The fourth-order valence-electron chi connectivity index (χ4n) is 2.54. The van der Waals surface area contributed by atoms with Gasteiger partial charge in [0.05, 0.1) is 25.5 Å². The van der Waals surface area contributed by atoms with E-state index in [1.165, 1.54) is 23.5 Å². The first-order valence-electron chi connectivity index (χ1n) is 7.96. The second-order valence-electron chi connectivity index (χ2n) is 5.68. The summed E-state index contributed by atoms with van der Waals surface area (Å²) in [6.45, 7) is 0.529. The molecule has 4 aromatic rings. The lowest BCUT2D eigenvalue weighted by Gasteiger charge is -2.00. The molecule has 0 saturated carbocycles.